The van der Waals surface area contributed by atoms with Crippen molar-refractivity contribution in [1.82, 2.24) is 10.4 Å². The van der Waals surface area contributed by atoms with Crippen LogP contribution in [0.2, 0.25) is 0 Å². The zero-order valence-electron chi connectivity index (χ0n) is 7.50. The van der Waals surface area contributed by atoms with E-state index in [4.69, 9.17) is 16.6 Å². The minimum atomic E-state index is 0.214. The van der Waals surface area contributed by atoms with E-state index >= 15 is 0 Å². The standard InChI is InChI=1S/C7H20N4O/c8-2-4-10-11(6-3-9)5-1-7-12/h10,12H,1-9H2. The first kappa shape index (κ1) is 11.8. The van der Waals surface area contributed by atoms with Crippen LogP contribution in [-0.4, -0.2) is 49.4 Å². The molecule has 0 aromatic carbocycles. The first-order chi connectivity index (χ1) is 5.85. The van der Waals surface area contributed by atoms with Crippen molar-refractivity contribution in [3.8, 4) is 0 Å². The molecule has 0 spiro atoms. The fraction of sp³-hybridized carbons (Fsp3) is 1.00. The van der Waals surface area contributed by atoms with Crippen molar-refractivity contribution < 1.29 is 5.11 Å². The normalized spacial score (nSPS) is 11.0. The maximum Gasteiger partial charge on any atom is 0.0443 e. The van der Waals surface area contributed by atoms with Crippen molar-refractivity contribution in [2.75, 3.05) is 39.3 Å². The van der Waals surface area contributed by atoms with Crippen LogP contribution in [0.25, 0.3) is 0 Å². The Hall–Kier alpha value is -0.200. The van der Waals surface area contributed by atoms with Gasteiger partial charge >= 0.3 is 0 Å². The van der Waals surface area contributed by atoms with Crippen molar-refractivity contribution in [2.24, 2.45) is 11.5 Å². The van der Waals surface area contributed by atoms with Gasteiger partial charge in [0.05, 0.1) is 0 Å². The van der Waals surface area contributed by atoms with Crippen molar-refractivity contribution in [1.29, 1.82) is 0 Å². The summed E-state index contributed by atoms with van der Waals surface area (Å²) in [6.07, 6.45) is 0.761. The summed E-state index contributed by atoms with van der Waals surface area (Å²) in [6.45, 7) is 3.80. The van der Waals surface area contributed by atoms with Crippen molar-refractivity contribution in [3.05, 3.63) is 0 Å². The summed E-state index contributed by atoms with van der Waals surface area (Å²) in [5.74, 6) is 0. The zero-order valence-corrected chi connectivity index (χ0v) is 7.50. The number of rotatable bonds is 8. The predicted octanol–water partition coefficient (Wildman–Crippen LogP) is -1.91. The summed E-state index contributed by atoms with van der Waals surface area (Å²) >= 11 is 0. The van der Waals surface area contributed by atoms with Gasteiger partial charge in [-0.1, -0.05) is 0 Å². The molecule has 6 N–H and O–H groups in total. The van der Waals surface area contributed by atoms with Gasteiger partial charge in [-0.3, -0.25) is 5.43 Å². The molecule has 0 aliphatic rings. The van der Waals surface area contributed by atoms with E-state index in [2.05, 4.69) is 5.43 Å². The Kier molecular flexibility index (Phi) is 8.74. The maximum atomic E-state index is 8.60. The Morgan fingerprint density at radius 2 is 1.92 bits per heavy atom. The first-order valence-electron chi connectivity index (χ1n) is 4.34. The summed E-state index contributed by atoms with van der Waals surface area (Å²) in [5.41, 5.74) is 13.9. The number of hydrogen-bond acceptors (Lipinski definition) is 5. The molecule has 0 bridgehead atoms. The summed E-state index contributed by atoms with van der Waals surface area (Å²) in [6, 6.07) is 0. The third kappa shape index (κ3) is 6.51. The molecular weight excluding hydrogens is 156 g/mol. The molecule has 0 atom stereocenters. The maximum absolute atomic E-state index is 8.60. The van der Waals surface area contributed by atoms with E-state index in [1.165, 1.54) is 0 Å². The van der Waals surface area contributed by atoms with Gasteiger partial charge in [-0.15, -0.1) is 0 Å². The predicted molar refractivity (Wildman–Crippen MR) is 49.4 cm³/mol. The molecular formula is C7H20N4O. The number of nitrogens with two attached hydrogens (primary N) is 2. The van der Waals surface area contributed by atoms with Crippen molar-refractivity contribution in [3.63, 3.8) is 0 Å². The van der Waals surface area contributed by atoms with Gasteiger partial charge in [0.2, 0.25) is 0 Å². The van der Waals surface area contributed by atoms with Gasteiger partial charge < -0.3 is 16.6 Å². The van der Waals surface area contributed by atoms with E-state index in [1.807, 2.05) is 5.01 Å². The minimum Gasteiger partial charge on any atom is -0.396 e. The van der Waals surface area contributed by atoms with Crippen LogP contribution in [0.3, 0.4) is 0 Å². The molecule has 12 heavy (non-hydrogen) atoms. The topological polar surface area (TPSA) is 87.5 Å². The van der Waals surface area contributed by atoms with Gasteiger partial charge in [-0.2, -0.15) is 0 Å². The van der Waals surface area contributed by atoms with E-state index in [9.17, 15) is 0 Å². The lowest BCUT2D eigenvalue weighted by Crippen LogP contribution is -2.44. The Labute approximate surface area is 73.7 Å². The Morgan fingerprint density at radius 3 is 2.42 bits per heavy atom. The summed E-state index contributed by atoms with van der Waals surface area (Å²) < 4.78 is 0. The molecule has 74 valence electrons. The molecule has 0 aliphatic carbocycles. The molecule has 0 aromatic rings. The van der Waals surface area contributed by atoms with Crippen LogP contribution in [0, 0.1) is 0 Å². The molecule has 0 saturated heterocycles. The van der Waals surface area contributed by atoms with E-state index in [1.54, 1.807) is 0 Å². The lowest BCUT2D eigenvalue weighted by molar-refractivity contribution is 0.172. The monoisotopic (exact) mass is 176 g/mol. The van der Waals surface area contributed by atoms with Crippen LogP contribution in [0.1, 0.15) is 6.42 Å². The second-order valence-corrected chi connectivity index (χ2v) is 2.55. The highest BCUT2D eigenvalue weighted by molar-refractivity contribution is 4.53. The second kappa shape index (κ2) is 8.89. The van der Waals surface area contributed by atoms with Gasteiger partial charge in [0.1, 0.15) is 0 Å². The van der Waals surface area contributed by atoms with Gasteiger partial charge in [-0.25, -0.2) is 5.01 Å². The largest absolute Gasteiger partial charge is 0.396 e. The Morgan fingerprint density at radius 1 is 1.17 bits per heavy atom. The lowest BCUT2D eigenvalue weighted by Gasteiger charge is -2.21. The average Bonchev–Trinajstić information content (AvgIpc) is 2.10. The second-order valence-electron chi connectivity index (χ2n) is 2.55. The fourth-order valence-corrected chi connectivity index (χ4v) is 0.910. The third-order valence-corrected chi connectivity index (χ3v) is 1.46. The van der Waals surface area contributed by atoms with Crippen LogP contribution in [-0.2, 0) is 0 Å². The van der Waals surface area contributed by atoms with Gasteiger partial charge in [0.15, 0.2) is 0 Å². The smallest absolute Gasteiger partial charge is 0.0443 e. The van der Waals surface area contributed by atoms with Crippen LogP contribution in [0.4, 0.5) is 0 Å². The fourth-order valence-electron chi connectivity index (χ4n) is 0.910. The van der Waals surface area contributed by atoms with Crippen LogP contribution < -0.4 is 16.9 Å². The summed E-state index contributed by atoms with van der Waals surface area (Å²) in [7, 11) is 0. The summed E-state index contributed by atoms with van der Waals surface area (Å²) in [5, 5.41) is 10.6. The quantitative estimate of drug-likeness (QED) is 0.324. The molecule has 0 saturated carbocycles. The molecule has 5 heteroatoms. The molecule has 0 unspecified atom stereocenters. The number of nitrogens with zero attached hydrogens (tertiary/aromatic N) is 1. The number of hydrogen-bond donors (Lipinski definition) is 4. The highest BCUT2D eigenvalue weighted by atomic mass is 16.3. The lowest BCUT2D eigenvalue weighted by atomic mass is 10.4. The molecule has 5 nitrogen and oxygen atoms in total. The number of aliphatic hydroxyl groups excluding tert-OH is 1. The van der Waals surface area contributed by atoms with Crippen LogP contribution in [0.5, 0.6) is 0 Å². The van der Waals surface area contributed by atoms with E-state index in [-0.39, 0.29) is 6.61 Å². The molecule has 0 aliphatic heterocycles. The number of aliphatic hydroxyl groups is 1. The van der Waals surface area contributed by atoms with Crippen molar-refractivity contribution >= 4 is 0 Å². The highest BCUT2D eigenvalue weighted by Crippen LogP contribution is 1.84. The highest BCUT2D eigenvalue weighted by Gasteiger charge is 2.00. The van der Waals surface area contributed by atoms with Gasteiger partial charge in [0, 0.05) is 39.3 Å². The SMILES string of the molecule is NCCNN(CCN)CCCO. The third-order valence-electron chi connectivity index (χ3n) is 1.46. The molecule has 0 radical (unpaired) electrons. The molecule has 0 amide bonds. The Bertz CT molecular complexity index is 83.5. The molecule has 0 fully saturated rings. The minimum absolute atomic E-state index is 0.214. The average molecular weight is 176 g/mol. The van der Waals surface area contributed by atoms with Gasteiger partial charge in [-0.05, 0) is 6.42 Å². The molecule has 0 rings (SSSR count). The molecule has 0 heterocycles. The van der Waals surface area contributed by atoms with E-state index in [0.29, 0.717) is 13.1 Å². The van der Waals surface area contributed by atoms with Crippen molar-refractivity contribution in [2.45, 2.75) is 6.42 Å². The number of hydrazine groups is 1. The Balaban J connectivity index is 3.40. The van der Waals surface area contributed by atoms with E-state index in [0.717, 1.165) is 26.1 Å². The zero-order chi connectivity index (χ0) is 9.23. The molecule has 0 aromatic heterocycles. The van der Waals surface area contributed by atoms with Crippen LogP contribution in [0.15, 0.2) is 0 Å². The van der Waals surface area contributed by atoms with Gasteiger partial charge in [0.25, 0.3) is 0 Å². The van der Waals surface area contributed by atoms with E-state index < -0.39 is 0 Å². The first-order valence-corrected chi connectivity index (χ1v) is 4.34. The van der Waals surface area contributed by atoms with Crippen LogP contribution >= 0.6 is 0 Å². The summed E-state index contributed by atoms with van der Waals surface area (Å²) in [4.78, 5) is 0. The number of nitrogens with one attached hydrogen (secondary N) is 1.